The van der Waals surface area contributed by atoms with Crippen molar-refractivity contribution in [3.63, 3.8) is 0 Å². The van der Waals surface area contributed by atoms with E-state index in [0.717, 1.165) is 36.1 Å². The molecule has 3 saturated heterocycles. The van der Waals surface area contributed by atoms with E-state index in [1.54, 1.807) is 6.20 Å². The number of carbonyl (C=O) groups excluding carboxylic acids is 3. The zero-order chi connectivity index (χ0) is 27.3. The van der Waals surface area contributed by atoms with Gasteiger partial charge in [0.15, 0.2) is 5.78 Å². The van der Waals surface area contributed by atoms with E-state index in [-0.39, 0.29) is 41.5 Å². The molecule has 8 heteroatoms. The minimum absolute atomic E-state index is 0.0136. The summed E-state index contributed by atoms with van der Waals surface area (Å²) in [5.74, 6) is -0.549. The third-order valence-electron chi connectivity index (χ3n) is 8.79. The Hall–Kier alpha value is -3.68. The van der Waals surface area contributed by atoms with Crippen LogP contribution in [0.25, 0.3) is 10.9 Å². The van der Waals surface area contributed by atoms with Gasteiger partial charge in [0.05, 0.1) is 35.6 Å². The second-order valence-corrected chi connectivity index (χ2v) is 12.4. The number of ketones is 1. The standard InChI is InChI=1S/C31H37N5O3/c1-31(2,3)24(16-28(37)27-14-20-8-4-5-9-25(20)33-27)29(38)35-18-23-15-22(35)19-36(23)30(39)26-11-10-21(17-32-26)34-12-6-7-13-34/h4-5,8-11,14,17,22-24,33H,6-7,12-13,15-16,18-19H2,1-3H3/t22-,23-,24+/m0/s1. The van der Waals surface area contributed by atoms with Gasteiger partial charge in [0, 0.05) is 43.5 Å². The quantitative estimate of drug-likeness (QED) is 0.476. The fourth-order valence-corrected chi connectivity index (χ4v) is 6.49. The minimum Gasteiger partial charge on any atom is -0.370 e. The van der Waals surface area contributed by atoms with Crippen LogP contribution in [-0.2, 0) is 4.79 Å². The molecule has 3 aliphatic heterocycles. The number of piperazine rings is 1. The number of H-pyrrole nitrogens is 1. The van der Waals surface area contributed by atoms with E-state index in [9.17, 15) is 14.4 Å². The lowest BCUT2D eigenvalue weighted by Crippen LogP contribution is -2.53. The average molecular weight is 528 g/mol. The number of para-hydroxylation sites is 1. The molecule has 3 fully saturated rings. The zero-order valence-corrected chi connectivity index (χ0v) is 23.0. The normalized spacial score (nSPS) is 21.7. The maximum Gasteiger partial charge on any atom is 0.272 e. The smallest absolute Gasteiger partial charge is 0.272 e. The number of nitrogens with one attached hydrogen (secondary N) is 1. The lowest BCUT2D eigenvalue weighted by atomic mass is 9.76. The summed E-state index contributed by atoms with van der Waals surface area (Å²) in [7, 11) is 0. The molecule has 1 aromatic carbocycles. The van der Waals surface area contributed by atoms with Gasteiger partial charge >= 0.3 is 0 Å². The van der Waals surface area contributed by atoms with Gasteiger partial charge in [0.2, 0.25) is 5.91 Å². The van der Waals surface area contributed by atoms with Crippen LogP contribution in [0.5, 0.6) is 0 Å². The first-order chi connectivity index (χ1) is 18.7. The first-order valence-electron chi connectivity index (χ1n) is 14.1. The number of anilines is 1. The summed E-state index contributed by atoms with van der Waals surface area (Å²) < 4.78 is 0. The summed E-state index contributed by atoms with van der Waals surface area (Å²) in [6.07, 6.45) is 5.12. The van der Waals surface area contributed by atoms with E-state index < -0.39 is 5.92 Å². The van der Waals surface area contributed by atoms with Crippen molar-refractivity contribution in [2.75, 3.05) is 31.1 Å². The van der Waals surface area contributed by atoms with Crippen LogP contribution >= 0.6 is 0 Å². The first kappa shape index (κ1) is 25.6. The molecule has 2 bridgehead atoms. The van der Waals surface area contributed by atoms with E-state index >= 15 is 0 Å². The zero-order valence-electron chi connectivity index (χ0n) is 23.0. The third kappa shape index (κ3) is 4.81. The number of nitrogens with zero attached hydrogens (tertiary/aromatic N) is 4. The number of pyridine rings is 1. The number of benzene rings is 1. The Morgan fingerprint density at radius 2 is 1.72 bits per heavy atom. The van der Waals surface area contributed by atoms with Crippen LogP contribution in [0.1, 0.15) is 67.4 Å². The number of carbonyl (C=O) groups is 3. The van der Waals surface area contributed by atoms with Crippen molar-refractivity contribution in [2.24, 2.45) is 11.3 Å². The Morgan fingerprint density at radius 1 is 1.00 bits per heavy atom. The summed E-state index contributed by atoms with van der Waals surface area (Å²) in [6.45, 7) is 9.17. The van der Waals surface area contributed by atoms with Crippen LogP contribution in [0.3, 0.4) is 0 Å². The SMILES string of the molecule is CC(C)(C)[C@H](CC(=O)c1cc2ccccc2[nH]1)C(=O)N1C[C@@H]2C[C@H]1CN2C(=O)c1ccc(N2CCCC2)cn1. The minimum atomic E-state index is -0.445. The summed E-state index contributed by atoms with van der Waals surface area (Å²) in [5.41, 5.74) is 2.61. The predicted molar refractivity (Wildman–Crippen MR) is 151 cm³/mol. The van der Waals surface area contributed by atoms with E-state index in [0.29, 0.717) is 24.5 Å². The number of Topliss-reactive ketones (excluding diaryl/α,β-unsaturated/α-hetero) is 1. The van der Waals surface area contributed by atoms with Crippen molar-refractivity contribution in [2.45, 2.75) is 58.5 Å². The van der Waals surface area contributed by atoms with Crippen LogP contribution in [0.4, 0.5) is 5.69 Å². The van der Waals surface area contributed by atoms with Gasteiger partial charge in [0.25, 0.3) is 5.91 Å². The van der Waals surface area contributed by atoms with Gasteiger partial charge < -0.3 is 19.7 Å². The number of likely N-dealkylation sites (tertiary alicyclic amines) is 2. The summed E-state index contributed by atoms with van der Waals surface area (Å²) in [5, 5.41) is 0.987. The summed E-state index contributed by atoms with van der Waals surface area (Å²) in [4.78, 5) is 54.3. The highest BCUT2D eigenvalue weighted by atomic mass is 16.2. The van der Waals surface area contributed by atoms with Crippen molar-refractivity contribution in [3.8, 4) is 0 Å². The fraction of sp³-hybridized carbons (Fsp3) is 0.484. The number of hydrogen-bond acceptors (Lipinski definition) is 5. The summed E-state index contributed by atoms with van der Waals surface area (Å²) in [6, 6.07) is 13.5. The highest BCUT2D eigenvalue weighted by molar-refractivity contribution is 6.01. The third-order valence-corrected chi connectivity index (χ3v) is 8.79. The van der Waals surface area contributed by atoms with Gasteiger partial charge in [-0.15, -0.1) is 0 Å². The van der Waals surface area contributed by atoms with Crippen molar-refractivity contribution in [3.05, 3.63) is 60.0 Å². The van der Waals surface area contributed by atoms with Crippen LogP contribution in [-0.4, -0.2) is 75.6 Å². The monoisotopic (exact) mass is 527 g/mol. The molecule has 3 aliphatic rings. The van der Waals surface area contributed by atoms with Crippen molar-refractivity contribution in [1.29, 1.82) is 0 Å². The van der Waals surface area contributed by atoms with Gasteiger partial charge in [-0.1, -0.05) is 39.0 Å². The van der Waals surface area contributed by atoms with E-state index in [1.807, 2.05) is 73.0 Å². The molecule has 1 N–H and O–H groups in total. The van der Waals surface area contributed by atoms with Crippen LogP contribution in [0, 0.1) is 11.3 Å². The van der Waals surface area contributed by atoms with E-state index in [4.69, 9.17) is 0 Å². The first-order valence-corrected chi connectivity index (χ1v) is 14.1. The molecule has 3 atom stereocenters. The lowest BCUT2D eigenvalue weighted by Gasteiger charge is -2.39. The van der Waals surface area contributed by atoms with Gasteiger partial charge in [-0.3, -0.25) is 14.4 Å². The molecule has 3 aromatic rings. The molecule has 0 radical (unpaired) electrons. The van der Waals surface area contributed by atoms with Crippen molar-refractivity contribution < 1.29 is 14.4 Å². The molecule has 2 amide bonds. The molecule has 2 aromatic heterocycles. The maximum atomic E-state index is 13.9. The number of aromatic nitrogens is 2. The molecule has 6 rings (SSSR count). The topological polar surface area (TPSA) is 89.6 Å². The molecule has 0 unspecified atom stereocenters. The van der Waals surface area contributed by atoms with Crippen LogP contribution in [0.15, 0.2) is 48.7 Å². The van der Waals surface area contributed by atoms with Crippen LogP contribution in [0.2, 0.25) is 0 Å². The molecule has 0 aliphatic carbocycles. The Bertz CT molecular complexity index is 1370. The predicted octanol–water partition coefficient (Wildman–Crippen LogP) is 4.52. The Morgan fingerprint density at radius 3 is 2.36 bits per heavy atom. The van der Waals surface area contributed by atoms with E-state index in [2.05, 4.69) is 14.9 Å². The second-order valence-electron chi connectivity index (χ2n) is 12.4. The van der Waals surface area contributed by atoms with Gasteiger partial charge in [0.1, 0.15) is 5.69 Å². The maximum absolute atomic E-state index is 13.9. The Kier molecular flexibility index (Phi) is 6.44. The second kappa shape index (κ2) is 9.81. The van der Waals surface area contributed by atoms with Crippen molar-refractivity contribution in [1.82, 2.24) is 19.8 Å². The molecular formula is C31H37N5O3. The lowest BCUT2D eigenvalue weighted by molar-refractivity contribution is -0.141. The molecule has 0 spiro atoms. The molecular weight excluding hydrogens is 490 g/mol. The largest absolute Gasteiger partial charge is 0.370 e. The number of hydrogen-bond donors (Lipinski definition) is 1. The van der Waals surface area contributed by atoms with Gasteiger partial charge in [-0.05, 0) is 48.9 Å². The number of aromatic amines is 1. The molecule has 39 heavy (non-hydrogen) atoms. The van der Waals surface area contributed by atoms with Gasteiger partial charge in [-0.2, -0.15) is 0 Å². The summed E-state index contributed by atoms with van der Waals surface area (Å²) >= 11 is 0. The van der Waals surface area contributed by atoms with E-state index in [1.165, 1.54) is 12.8 Å². The Balaban J connectivity index is 1.12. The van der Waals surface area contributed by atoms with Crippen LogP contribution < -0.4 is 4.90 Å². The number of rotatable bonds is 6. The van der Waals surface area contributed by atoms with Gasteiger partial charge in [-0.25, -0.2) is 4.98 Å². The van der Waals surface area contributed by atoms with Crippen molar-refractivity contribution >= 4 is 34.2 Å². The Labute approximate surface area is 229 Å². The number of amides is 2. The molecule has 8 nitrogen and oxygen atoms in total. The fourth-order valence-electron chi connectivity index (χ4n) is 6.49. The molecule has 0 saturated carbocycles. The average Bonchev–Trinajstić information content (AvgIpc) is 3.73. The number of fused-ring (bicyclic) bond motifs is 3. The highest BCUT2D eigenvalue weighted by Gasteiger charge is 2.50. The molecule has 204 valence electrons. The molecule has 5 heterocycles. The highest BCUT2D eigenvalue weighted by Crippen LogP contribution is 2.38.